The van der Waals surface area contributed by atoms with E-state index >= 15 is 0 Å². The van der Waals surface area contributed by atoms with Crippen molar-refractivity contribution in [1.29, 1.82) is 0 Å². The minimum Gasteiger partial charge on any atom is -0.377 e. The average Bonchev–Trinajstić information content (AvgIpc) is 1.92. The summed E-state index contributed by atoms with van der Waals surface area (Å²) in [5.74, 6) is 0. The molecule has 0 aliphatic heterocycles. The Bertz CT molecular complexity index is 332. The molecule has 2 heteroatoms. The van der Waals surface area contributed by atoms with Crippen molar-refractivity contribution in [1.82, 2.24) is 4.74 Å². The maximum Gasteiger partial charge on any atom is 0.181 e. The van der Waals surface area contributed by atoms with Crippen molar-refractivity contribution in [2.45, 2.75) is 13.5 Å². The zero-order valence-electron chi connectivity index (χ0n) is 5.87. The van der Waals surface area contributed by atoms with E-state index in [0.29, 0.717) is 0 Å². The van der Waals surface area contributed by atoms with Gasteiger partial charge in [0.25, 0.3) is 0 Å². The number of benzene rings is 1. The van der Waals surface area contributed by atoms with Gasteiger partial charge in [0, 0.05) is 0 Å². The third-order valence-electron chi connectivity index (χ3n) is 1.63. The Morgan fingerprint density at radius 2 is 2.20 bits per heavy atom. The third kappa shape index (κ3) is 0.588. The van der Waals surface area contributed by atoms with E-state index in [1.165, 1.54) is 5.52 Å². The number of aryl methyl sites for hydroxylation is 1. The van der Waals surface area contributed by atoms with Gasteiger partial charge in [-0.2, -0.15) is 0 Å². The molecular weight excluding hydrogens is 126 g/mol. The monoisotopic (exact) mass is 135 g/mol. The molecule has 0 bridgehead atoms. The molecular formula is C8H9NO. The number of para-hydroxylation sites is 2. The second-order valence-electron chi connectivity index (χ2n) is 2.25. The third-order valence-corrected chi connectivity index (χ3v) is 1.63. The lowest BCUT2D eigenvalue weighted by atomic mass is 10.3. The molecule has 0 aliphatic carbocycles. The minimum atomic E-state index is 0.914. The summed E-state index contributed by atoms with van der Waals surface area (Å²) in [6.45, 7) is 2.98. The molecule has 2 nitrogen and oxygen atoms in total. The van der Waals surface area contributed by atoms with Gasteiger partial charge in [0.15, 0.2) is 5.58 Å². The molecule has 0 fully saturated rings. The smallest absolute Gasteiger partial charge is 0.181 e. The second kappa shape index (κ2) is 1.90. The quantitative estimate of drug-likeness (QED) is 0.586. The van der Waals surface area contributed by atoms with Gasteiger partial charge in [0.1, 0.15) is 5.52 Å². The molecule has 2 rings (SSSR count). The molecule has 0 amide bonds. The van der Waals surface area contributed by atoms with Crippen LogP contribution in [0.4, 0.5) is 0 Å². The predicted molar refractivity (Wildman–Crippen MR) is 39.9 cm³/mol. The summed E-state index contributed by atoms with van der Waals surface area (Å²) >= 11 is 0. The highest BCUT2D eigenvalue weighted by Crippen LogP contribution is 2.17. The maximum absolute atomic E-state index is 5.27. The van der Waals surface area contributed by atoms with E-state index in [4.69, 9.17) is 4.52 Å². The van der Waals surface area contributed by atoms with E-state index in [1.54, 1.807) is 0 Å². The van der Waals surface area contributed by atoms with Gasteiger partial charge in [0.2, 0.25) is 0 Å². The summed E-state index contributed by atoms with van der Waals surface area (Å²) < 4.78 is 7.14. The van der Waals surface area contributed by atoms with Crippen LogP contribution in [0.2, 0.25) is 0 Å². The Morgan fingerprint density at radius 3 is 2.90 bits per heavy atom. The molecule has 0 N–H and O–H groups in total. The molecule has 0 radical (unpaired) electrons. The van der Waals surface area contributed by atoms with Gasteiger partial charge in [-0.3, -0.25) is 0 Å². The van der Waals surface area contributed by atoms with Gasteiger partial charge in [-0.15, -0.1) is 0 Å². The Kier molecular flexibility index (Phi) is 1.07. The molecule has 0 unspecified atom stereocenters. The molecule has 0 saturated heterocycles. The Labute approximate surface area is 59.0 Å². The van der Waals surface area contributed by atoms with E-state index in [-0.39, 0.29) is 0 Å². The summed E-state index contributed by atoms with van der Waals surface area (Å²) in [4.78, 5) is 0. The Hall–Kier alpha value is -1.18. The van der Waals surface area contributed by atoms with Crippen LogP contribution in [0.3, 0.4) is 0 Å². The highest BCUT2D eigenvalue weighted by molar-refractivity contribution is 5.73. The highest BCUT2D eigenvalue weighted by Gasteiger charge is 2.02. The molecule has 2 aromatic rings. The number of hydrogen-bond donors (Lipinski definition) is 0. The topological polar surface area (TPSA) is 18.1 Å². The zero-order valence-corrected chi connectivity index (χ0v) is 5.87. The highest BCUT2D eigenvalue weighted by atomic mass is 16.5. The fraction of sp³-hybridized carbons (Fsp3) is 0.250. The lowest BCUT2D eigenvalue weighted by Crippen LogP contribution is -2.00. The van der Waals surface area contributed by atoms with Crippen LogP contribution in [0.25, 0.3) is 11.1 Å². The van der Waals surface area contributed by atoms with Crippen LogP contribution in [-0.4, -0.2) is 4.74 Å². The molecule has 0 spiro atoms. The van der Waals surface area contributed by atoms with Gasteiger partial charge >= 0.3 is 0 Å². The molecule has 1 heterocycles. The Morgan fingerprint density at radius 1 is 1.40 bits per heavy atom. The first kappa shape index (κ1) is 5.59. The first-order valence-corrected chi connectivity index (χ1v) is 3.46. The van der Waals surface area contributed by atoms with E-state index in [1.807, 2.05) is 22.9 Å². The first-order chi connectivity index (χ1) is 4.92. The average molecular weight is 135 g/mol. The van der Waals surface area contributed by atoms with Gasteiger partial charge in [-0.25, -0.2) is 4.74 Å². The molecule has 1 aromatic carbocycles. The van der Waals surface area contributed by atoms with Crippen molar-refractivity contribution < 1.29 is 4.52 Å². The van der Waals surface area contributed by atoms with Crippen LogP contribution in [0.5, 0.6) is 0 Å². The summed E-state index contributed by atoms with van der Waals surface area (Å²) in [5.41, 5.74) is 2.19. The zero-order chi connectivity index (χ0) is 6.97. The predicted octanol–water partition coefficient (Wildman–Crippen LogP) is 2.25. The van der Waals surface area contributed by atoms with Crippen molar-refractivity contribution in [2.75, 3.05) is 0 Å². The van der Waals surface area contributed by atoms with Crippen LogP contribution in [0.1, 0.15) is 6.92 Å². The van der Waals surface area contributed by atoms with Gasteiger partial charge in [-0.1, -0.05) is 12.1 Å². The van der Waals surface area contributed by atoms with Crippen LogP contribution in [0.15, 0.2) is 28.8 Å². The number of fused-ring (bicyclic) bond motifs is 1. The second-order valence-corrected chi connectivity index (χ2v) is 2.25. The minimum absolute atomic E-state index is 0.914. The number of rotatable bonds is 1. The SMILES string of the molecule is CCn1oc2ccccc21. The van der Waals surface area contributed by atoms with Crippen LogP contribution in [0, 0.1) is 0 Å². The standard InChI is InChI=1S/C8H9NO/c1-2-9-7-5-3-4-6-8(7)10-9/h3-6H,2H2,1H3. The molecule has 0 atom stereocenters. The van der Waals surface area contributed by atoms with E-state index in [9.17, 15) is 0 Å². The molecule has 1 aromatic heterocycles. The van der Waals surface area contributed by atoms with E-state index in [2.05, 4.69) is 13.0 Å². The molecule has 0 saturated carbocycles. The largest absolute Gasteiger partial charge is 0.377 e. The van der Waals surface area contributed by atoms with E-state index < -0.39 is 0 Å². The summed E-state index contributed by atoms with van der Waals surface area (Å²) in [5, 5.41) is 0. The van der Waals surface area contributed by atoms with Crippen LogP contribution in [-0.2, 0) is 6.54 Å². The number of nitrogens with zero attached hydrogens (tertiary/aromatic N) is 1. The van der Waals surface area contributed by atoms with Crippen molar-refractivity contribution in [2.24, 2.45) is 0 Å². The molecule has 0 aliphatic rings. The van der Waals surface area contributed by atoms with Crippen LogP contribution >= 0.6 is 0 Å². The summed E-state index contributed by atoms with van der Waals surface area (Å²) in [6.07, 6.45) is 0. The van der Waals surface area contributed by atoms with Gasteiger partial charge in [-0.05, 0) is 19.1 Å². The van der Waals surface area contributed by atoms with Crippen molar-refractivity contribution in [3.05, 3.63) is 24.3 Å². The van der Waals surface area contributed by atoms with Crippen molar-refractivity contribution in [3.63, 3.8) is 0 Å². The number of aromatic nitrogens is 1. The lowest BCUT2D eigenvalue weighted by Gasteiger charge is -2.10. The van der Waals surface area contributed by atoms with Crippen LogP contribution < -0.4 is 0 Å². The fourth-order valence-electron chi connectivity index (χ4n) is 1.10. The molecule has 10 heavy (non-hydrogen) atoms. The van der Waals surface area contributed by atoms with Crippen molar-refractivity contribution in [3.8, 4) is 0 Å². The molecule has 52 valence electrons. The first-order valence-electron chi connectivity index (χ1n) is 3.46. The Balaban J connectivity index is 2.61. The fourth-order valence-corrected chi connectivity index (χ4v) is 1.10. The maximum atomic E-state index is 5.27. The lowest BCUT2D eigenvalue weighted by molar-refractivity contribution is 0.277. The van der Waals surface area contributed by atoms with Gasteiger partial charge < -0.3 is 4.52 Å². The van der Waals surface area contributed by atoms with E-state index in [0.717, 1.165) is 12.1 Å². The summed E-state index contributed by atoms with van der Waals surface area (Å²) in [6, 6.07) is 8.03. The summed E-state index contributed by atoms with van der Waals surface area (Å²) in [7, 11) is 0. The van der Waals surface area contributed by atoms with Gasteiger partial charge in [0.05, 0.1) is 6.54 Å². The normalized spacial score (nSPS) is 10.9. The number of hydrogen-bond acceptors (Lipinski definition) is 1. The van der Waals surface area contributed by atoms with Crippen molar-refractivity contribution >= 4 is 11.1 Å².